The maximum atomic E-state index is 5.62. The molecule has 0 radical (unpaired) electrons. The minimum absolute atomic E-state index is 0.189. The molecular formula is C14H16BrN3. The number of halogens is 1. The molecule has 0 bridgehead atoms. The smallest absolute Gasteiger partial charge is 0.0419 e. The topological polar surface area (TPSA) is 50.9 Å². The van der Waals surface area contributed by atoms with E-state index in [1.807, 2.05) is 36.5 Å². The van der Waals surface area contributed by atoms with Crippen LogP contribution in [0.3, 0.4) is 0 Å². The van der Waals surface area contributed by atoms with E-state index in [1.165, 1.54) is 5.56 Å². The number of nitrogens with two attached hydrogens (primary N) is 1. The second-order valence-electron chi connectivity index (χ2n) is 4.22. The van der Waals surface area contributed by atoms with Crippen LogP contribution in [0.15, 0.2) is 53.1 Å². The number of rotatable bonds is 5. The molecule has 94 valence electrons. The molecule has 1 aromatic heterocycles. The summed E-state index contributed by atoms with van der Waals surface area (Å²) in [6, 6.07) is 14.4. The van der Waals surface area contributed by atoms with Crippen molar-refractivity contribution in [3.8, 4) is 0 Å². The summed E-state index contributed by atoms with van der Waals surface area (Å²) in [6.45, 7) is 0. The summed E-state index contributed by atoms with van der Waals surface area (Å²) in [4.78, 5) is 4.32. The summed E-state index contributed by atoms with van der Waals surface area (Å²) in [6.07, 6.45) is 3.51. The Morgan fingerprint density at radius 3 is 2.72 bits per heavy atom. The summed E-state index contributed by atoms with van der Waals surface area (Å²) in [5.41, 5.74) is 5.17. The molecule has 3 N–H and O–H groups in total. The van der Waals surface area contributed by atoms with Crippen molar-refractivity contribution in [2.24, 2.45) is 5.84 Å². The third kappa shape index (κ3) is 3.91. The molecule has 2 rings (SSSR count). The van der Waals surface area contributed by atoms with Crippen LogP contribution in [0.1, 0.15) is 11.3 Å². The van der Waals surface area contributed by atoms with Gasteiger partial charge in [0.05, 0.1) is 0 Å². The van der Waals surface area contributed by atoms with Crippen molar-refractivity contribution < 1.29 is 0 Å². The van der Waals surface area contributed by atoms with Gasteiger partial charge in [0.2, 0.25) is 0 Å². The average Bonchev–Trinajstić information content (AvgIpc) is 2.39. The molecule has 1 unspecified atom stereocenters. The van der Waals surface area contributed by atoms with E-state index in [0.717, 1.165) is 23.0 Å². The van der Waals surface area contributed by atoms with Gasteiger partial charge in [-0.1, -0.05) is 34.1 Å². The van der Waals surface area contributed by atoms with Gasteiger partial charge in [0.25, 0.3) is 0 Å². The van der Waals surface area contributed by atoms with E-state index in [2.05, 4.69) is 38.5 Å². The molecule has 0 amide bonds. The highest BCUT2D eigenvalue weighted by atomic mass is 79.9. The van der Waals surface area contributed by atoms with E-state index in [-0.39, 0.29) is 6.04 Å². The lowest BCUT2D eigenvalue weighted by molar-refractivity contribution is 0.517. The van der Waals surface area contributed by atoms with E-state index >= 15 is 0 Å². The zero-order valence-corrected chi connectivity index (χ0v) is 11.6. The molecule has 0 saturated carbocycles. The van der Waals surface area contributed by atoms with Crippen LogP contribution in [-0.2, 0) is 12.8 Å². The Balaban J connectivity index is 2.01. The predicted molar refractivity (Wildman–Crippen MR) is 76.9 cm³/mol. The Kier molecular flexibility index (Phi) is 4.87. The van der Waals surface area contributed by atoms with Gasteiger partial charge in [-0.2, -0.15) is 0 Å². The molecule has 1 heterocycles. The highest BCUT2D eigenvalue weighted by Gasteiger charge is 2.09. The zero-order valence-electron chi connectivity index (χ0n) is 10.0. The third-order valence-electron chi connectivity index (χ3n) is 2.79. The van der Waals surface area contributed by atoms with Crippen LogP contribution in [0.2, 0.25) is 0 Å². The number of benzene rings is 1. The lowest BCUT2D eigenvalue weighted by atomic mass is 10.0. The average molecular weight is 306 g/mol. The highest BCUT2D eigenvalue weighted by Crippen LogP contribution is 2.14. The van der Waals surface area contributed by atoms with Crippen LogP contribution in [0.25, 0.3) is 0 Å². The molecule has 1 aromatic carbocycles. The Bertz CT molecular complexity index is 487. The summed E-state index contributed by atoms with van der Waals surface area (Å²) in [5.74, 6) is 5.62. The summed E-state index contributed by atoms with van der Waals surface area (Å²) in [7, 11) is 0. The molecule has 0 aliphatic heterocycles. The van der Waals surface area contributed by atoms with Crippen LogP contribution >= 0.6 is 15.9 Å². The molecule has 0 aliphatic carbocycles. The Morgan fingerprint density at radius 2 is 2.06 bits per heavy atom. The first kappa shape index (κ1) is 13.2. The van der Waals surface area contributed by atoms with Crippen molar-refractivity contribution in [3.05, 3.63) is 64.4 Å². The number of pyridine rings is 1. The van der Waals surface area contributed by atoms with Gasteiger partial charge in [0.1, 0.15) is 0 Å². The minimum atomic E-state index is 0.189. The fraction of sp³-hybridized carbons (Fsp3) is 0.214. The molecule has 0 spiro atoms. The van der Waals surface area contributed by atoms with E-state index in [1.54, 1.807) is 0 Å². The second kappa shape index (κ2) is 6.64. The first-order valence-corrected chi connectivity index (χ1v) is 6.67. The first-order valence-electron chi connectivity index (χ1n) is 5.88. The molecule has 1 atom stereocenters. The number of aromatic nitrogens is 1. The van der Waals surface area contributed by atoms with E-state index in [4.69, 9.17) is 5.84 Å². The fourth-order valence-electron chi connectivity index (χ4n) is 1.91. The van der Waals surface area contributed by atoms with Crippen molar-refractivity contribution in [2.45, 2.75) is 18.9 Å². The van der Waals surface area contributed by atoms with Crippen LogP contribution in [0.5, 0.6) is 0 Å². The van der Waals surface area contributed by atoms with Gasteiger partial charge in [-0.25, -0.2) is 0 Å². The molecule has 3 nitrogen and oxygen atoms in total. The minimum Gasteiger partial charge on any atom is -0.271 e. The summed E-state index contributed by atoms with van der Waals surface area (Å²) >= 11 is 3.48. The molecule has 18 heavy (non-hydrogen) atoms. The summed E-state index contributed by atoms with van der Waals surface area (Å²) in [5, 5.41) is 0. The SMILES string of the molecule is NNC(Cc1cccc(Br)c1)Cc1ccccn1. The van der Waals surface area contributed by atoms with Crippen molar-refractivity contribution in [3.63, 3.8) is 0 Å². The van der Waals surface area contributed by atoms with Crippen LogP contribution in [0.4, 0.5) is 0 Å². The van der Waals surface area contributed by atoms with E-state index < -0.39 is 0 Å². The van der Waals surface area contributed by atoms with Gasteiger partial charge in [-0.15, -0.1) is 0 Å². The van der Waals surface area contributed by atoms with Gasteiger partial charge >= 0.3 is 0 Å². The Morgan fingerprint density at radius 1 is 1.17 bits per heavy atom. The number of nitrogens with one attached hydrogen (secondary N) is 1. The van der Waals surface area contributed by atoms with E-state index in [0.29, 0.717) is 0 Å². The van der Waals surface area contributed by atoms with Gasteiger partial charge in [-0.05, 0) is 36.2 Å². The lowest BCUT2D eigenvalue weighted by Gasteiger charge is -2.15. The number of hydrogen-bond donors (Lipinski definition) is 2. The van der Waals surface area contributed by atoms with Gasteiger partial charge in [0.15, 0.2) is 0 Å². The quantitative estimate of drug-likeness (QED) is 0.659. The predicted octanol–water partition coefficient (Wildman–Crippen LogP) is 2.46. The molecule has 0 fully saturated rings. The number of hydrazine groups is 1. The van der Waals surface area contributed by atoms with Gasteiger partial charge in [-0.3, -0.25) is 16.3 Å². The fourth-order valence-corrected chi connectivity index (χ4v) is 2.36. The molecule has 0 aliphatic rings. The Hall–Kier alpha value is -1.23. The third-order valence-corrected chi connectivity index (χ3v) is 3.28. The Labute approximate surface area is 116 Å². The second-order valence-corrected chi connectivity index (χ2v) is 5.14. The maximum Gasteiger partial charge on any atom is 0.0419 e. The summed E-state index contributed by atoms with van der Waals surface area (Å²) < 4.78 is 1.09. The maximum absolute atomic E-state index is 5.62. The number of nitrogens with zero attached hydrogens (tertiary/aromatic N) is 1. The monoisotopic (exact) mass is 305 g/mol. The number of hydrogen-bond acceptors (Lipinski definition) is 3. The van der Waals surface area contributed by atoms with Crippen molar-refractivity contribution >= 4 is 15.9 Å². The van der Waals surface area contributed by atoms with Crippen molar-refractivity contribution in [2.75, 3.05) is 0 Å². The highest BCUT2D eigenvalue weighted by molar-refractivity contribution is 9.10. The molecule has 0 saturated heterocycles. The normalized spacial score (nSPS) is 12.3. The standard InChI is InChI=1S/C14H16BrN3/c15-12-5-3-4-11(8-12)9-14(18-16)10-13-6-1-2-7-17-13/h1-8,14,18H,9-10,16H2. The zero-order chi connectivity index (χ0) is 12.8. The van der Waals surface area contributed by atoms with Gasteiger partial charge in [0, 0.05) is 28.8 Å². The largest absolute Gasteiger partial charge is 0.271 e. The van der Waals surface area contributed by atoms with Crippen LogP contribution in [0, 0.1) is 0 Å². The van der Waals surface area contributed by atoms with Crippen LogP contribution < -0.4 is 11.3 Å². The van der Waals surface area contributed by atoms with Gasteiger partial charge < -0.3 is 0 Å². The van der Waals surface area contributed by atoms with E-state index in [9.17, 15) is 0 Å². The van der Waals surface area contributed by atoms with Crippen molar-refractivity contribution in [1.29, 1.82) is 0 Å². The first-order chi connectivity index (χ1) is 8.78. The lowest BCUT2D eigenvalue weighted by Crippen LogP contribution is -2.38. The molecule has 4 heteroatoms. The molecule has 2 aromatic rings. The molecular weight excluding hydrogens is 290 g/mol. The van der Waals surface area contributed by atoms with Crippen molar-refractivity contribution in [1.82, 2.24) is 10.4 Å². The van der Waals surface area contributed by atoms with Crippen LogP contribution in [-0.4, -0.2) is 11.0 Å².